The molecule has 0 spiro atoms. The van der Waals surface area contributed by atoms with Crippen LogP contribution in [-0.2, 0) is 0 Å². The molecule has 1 aliphatic carbocycles. The van der Waals surface area contributed by atoms with Gasteiger partial charge >= 0.3 is 0 Å². The lowest BCUT2D eigenvalue weighted by atomic mass is 9.70. The van der Waals surface area contributed by atoms with Crippen LogP contribution in [0.3, 0.4) is 0 Å². The highest BCUT2D eigenvalue weighted by Gasteiger charge is 2.37. The molecule has 1 heteroatoms. The average molecular weight is 605 g/mol. The SMILES string of the molecule is CCCCCCCCCCCCCCCCCCC1CCCCC1(O)CCCCCCCCCCCCCCCCCC. The molecule has 258 valence electrons. The van der Waals surface area contributed by atoms with E-state index in [-0.39, 0.29) is 5.60 Å². The summed E-state index contributed by atoms with van der Waals surface area (Å²) >= 11 is 0. The standard InChI is InChI=1S/C42H84O/c1-3-5-7-9-11-13-15-17-19-21-23-25-27-29-31-33-37-41-38-34-36-40-42(41,43)39-35-32-30-28-26-24-22-20-18-16-14-12-10-8-6-4-2/h41,43H,3-40H2,1-2H3. The summed E-state index contributed by atoms with van der Waals surface area (Å²) in [4.78, 5) is 0. The van der Waals surface area contributed by atoms with Crippen molar-refractivity contribution in [3.8, 4) is 0 Å². The van der Waals surface area contributed by atoms with E-state index in [4.69, 9.17) is 0 Å². The molecular formula is C42H84O. The highest BCUT2D eigenvalue weighted by Crippen LogP contribution is 2.40. The van der Waals surface area contributed by atoms with Crippen LogP contribution in [0.25, 0.3) is 0 Å². The zero-order valence-corrected chi connectivity index (χ0v) is 30.4. The van der Waals surface area contributed by atoms with Gasteiger partial charge in [0.05, 0.1) is 5.60 Å². The third-order valence-corrected chi connectivity index (χ3v) is 11.0. The molecule has 0 aliphatic heterocycles. The third kappa shape index (κ3) is 25.8. The van der Waals surface area contributed by atoms with Gasteiger partial charge in [0.25, 0.3) is 0 Å². The van der Waals surface area contributed by atoms with Crippen molar-refractivity contribution in [3.05, 3.63) is 0 Å². The van der Waals surface area contributed by atoms with Crippen molar-refractivity contribution < 1.29 is 5.11 Å². The Morgan fingerprint density at radius 2 is 0.698 bits per heavy atom. The molecule has 1 fully saturated rings. The average Bonchev–Trinajstić information content (AvgIpc) is 3.01. The van der Waals surface area contributed by atoms with Crippen molar-refractivity contribution in [1.82, 2.24) is 0 Å². The van der Waals surface area contributed by atoms with Gasteiger partial charge in [0, 0.05) is 0 Å². The zero-order valence-electron chi connectivity index (χ0n) is 30.4. The Morgan fingerprint density at radius 1 is 0.395 bits per heavy atom. The van der Waals surface area contributed by atoms with E-state index in [2.05, 4.69) is 13.8 Å². The minimum Gasteiger partial charge on any atom is -0.390 e. The second-order valence-corrected chi connectivity index (χ2v) is 15.2. The van der Waals surface area contributed by atoms with Gasteiger partial charge in [0.1, 0.15) is 0 Å². The first-order valence-electron chi connectivity index (χ1n) is 21.0. The molecule has 0 saturated heterocycles. The molecule has 2 unspecified atom stereocenters. The number of unbranched alkanes of at least 4 members (excludes halogenated alkanes) is 30. The summed E-state index contributed by atoms with van der Waals surface area (Å²) in [7, 11) is 0. The van der Waals surface area contributed by atoms with E-state index in [9.17, 15) is 5.11 Å². The Morgan fingerprint density at radius 3 is 1.05 bits per heavy atom. The number of hydrogen-bond donors (Lipinski definition) is 1. The molecule has 2 atom stereocenters. The molecule has 43 heavy (non-hydrogen) atoms. The molecule has 0 bridgehead atoms. The van der Waals surface area contributed by atoms with Crippen LogP contribution in [0.1, 0.15) is 258 Å². The van der Waals surface area contributed by atoms with Crippen molar-refractivity contribution >= 4 is 0 Å². The van der Waals surface area contributed by atoms with E-state index >= 15 is 0 Å². The van der Waals surface area contributed by atoms with E-state index in [1.165, 1.54) is 231 Å². The van der Waals surface area contributed by atoms with Crippen molar-refractivity contribution in [2.75, 3.05) is 0 Å². The van der Waals surface area contributed by atoms with Gasteiger partial charge in [-0.1, -0.05) is 232 Å². The highest BCUT2D eigenvalue weighted by molar-refractivity contribution is 4.89. The minimum absolute atomic E-state index is 0.330. The quantitative estimate of drug-likeness (QED) is 0.0724. The van der Waals surface area contributed by atoms with Gasteiger partial charge in [-0.2, -0.15) is 0 Å². The fourth-order valence-corrected chi connectivity index (χ4v) is 7.95. The number of hydrogen-bond acceptors (Lipinski definition) is 1. The molecule has 0 heterocycles. The predicted molar refractivity (Wildman–Crippen MR) is 195 cm³/mol. The van der Waals surface area contributed by atoms with Crippen LogP contribution < -0.4 is 0 Å². The van der Waals surface area contributed by atoms with Crippen LogP contribution in [0.5, 0.6) is 0 Å². The van der Waals surface area contributed by atoms with Crippen LogP contribution in [0.15, 0.2) is 0 Å². The Bertz CT molecular complexity index is 529. The van der Waals surface area contributed by atoms with Gasteiger partial charge in [-0.3, -0.25) is 0 Å². The molecule has 0 aromatic carbocycles. The van der Waals surface area contributed by atoms with Crippen molar-refractivity contribution in [3.63, 3.8) is 0 Å². The van der Waals surface area contributed by atoms with Crippen LogP contribution in [0, 0.1) is 5.92 Å². The predicted octanol–water partition coefficient (Wildman–Crippen LogP) is 15.2. The lowest BCUT2D eigenvalue weighted by Gasteiger charge is -2.40. The van der Waals surface area contributed by atoms with Gasteiger partial charge in [-0.25, -0.2) is 0 Å². The van der Waals surface area contributed by atoms with E-state index in [0.717, 1.165) is 12.8 Å². The first kappa shape index (κ1) is 41.0. The van der Waals surface area contributed by atoms with Gasteiger partial charge < -0.3 is 5.11 Å². The van der Waals surface area contributed by atoms with Crippen molar-refractivity contribution in [2.24, 2.45) is 5.92 Å². The Kier molecular flexibility index (Phi) is 30.4. The fourth-order valence-electron chi connectivity index (χ4n) is 7.95. The maximum atomic E-state index is 11.6. The van der Waals surface area contributed by atoms with Crippen molar-refractivity contribution in [2.45, 2.75) is 263 Å². The molecule has 0 radical (unpaired) electrons. The monoisotopic (exact) mass is 605 g/mol. The zero-order chi connectivity index (χ0) is 30.9. The second kappa shape index (κ2) is 31.9. The molecule has 1 nitrogen and oxygen atoms in total. The lowest BCUT2D eigenvalue weighted by molar-refractivity contribution is -0.0603. The summed E-state index contributed by atoms with van der Waals surface area (Å²) in [5.41, 5.74) is -0.330. The normalized spacial score (nSPS) is 18.9. The Labute approximate surface area is 273 Å². The van der Waals surface area contributed by atoms with Gasteiger partial charge in [0.2, 0.25) is 0 Å². The summed E-state index contributed by atoms with van der Waals surface area (Å²) in [6.45, 7) is 4.61. The Hall–Kier alpha value is -0.0400. The smallest absolute Gasteiger partial charge is 0.0675 e. The molecule has 1 rings (SSSR count). The molecule has 1 aliphatic rings. The van der Waals surface area contributed by atoms with Crippen LogP contribution in [-0.4, -0.2) is 10.7 Å². The van der Waals surface area contributed by atoms with Crippen LogP contribution >= 0.6 is 0 Å². The molecule has 1 saturated carbocycles. The molecular weight excluding hydrogens is 520 g/mol. The maximum Gasteiger partial charge on any atom is 0.0675 e. The summed E-state index contributed by atoms with van der Waals surface area (Å²) in [5, 5.41) is 11.6. The van der Waals surface area contributed by atoms with E-state index < -0.39 is 0 Å². The molecule has 0 aromatic heterocycles. The summed E-state index contributed by atoms with van der Waals surface area (Å²) in [6, 6.07) is 0. The summed E-state index contributed by atoms with van der Waals surface area (Å²) in [6.07, 6.45) is 53.1. The largest absolute Gasteiger partial charge is 0.390 e. The van der Waals surface area contributed by atoms with E-state index in [1.807, 2.05) is 0 Å². The van der Waals surface area contributed by atoms with E-state index in [0.29, 0.717) is 5.92 Å². The fraction of sp³-hybridized carbons (Fsp3) is 1.00. The van der Waals surface area contributed by atoms with E-state index in [1.54, 1.807) is 0 Å². The molecule has 1 N–H and O–H groups in total. The highest BCUT2D eigenvalue weighted by atomic mass is 16.3. The van der Waals surface area contributed by atoms with Crippen LogP contribution in [0.4, 0.5) is 0 Å². The maximum absolute atomic E-state index is 11.6. The second-order valence-electron chi connectivity index (χ2n) is 15.2. The van der Waals surface area contributed by atoms with Gasteiger partial charge in [-0.05, 0) is 31.6 Å². The molecule has 0 amide bonds. The summed E-state index contributed by atoms with van der Waals surface area (Å²) < 4.78 is 0. The summed E-state index contributed by atoms with van der Waals surface area (Å²) in [5.74, 6) is 0.587. The Balaban J connectivity index is 1.91. The van der Waals surface area contributed by atoms with Gasteiger partial charge in [0.15, 0.2) is 0 Å². The third-order valence-electron chi connectivity index (χ3n) is 11.0. The van der Waals surface area contributed by atoms with Crippen LogP contribution in [0.2, 0.25) is 0 Å². The number of aliphatic hydroxyl groups is 1. The first-order valence-corrected chi connectivity index (χ1v) is 21.0. The first-order chi connectivity index (χ1) is 21.2. The lowest BCUT2D eigenvalue weighted by Crippen LogP contribution is -2.40. The topological polar surface area (TPSA) is 20.2 Å². The van der Waals surface area contributed by atoms with Crippen molar-refractivity contribution in [1.29, 1.82) is 0 Å². The number of rotatable bonds is 34. The molecule has 0 aromatic rings. The van der Waals surface area contributed by atoms with Gasteiger partial charge in [-0.15, -0.1) is 0 Å². The minimum atomic E-state index is -0.330.